The molecule has 8 heteroatoms. The van der Waals surface area contributed by atoms with Gasteiger partial charge in [-0.15, -0.1) is 0 Å². The van der Waals surface area contributed by atoms with Gasteiger partial charge in [0.2, 0.25) is 0 Å². The van der Waals surface area contributed by atoms with E-state index in [1.807, 2.05) is 42.5 Å². The molecule has 2 aromatic carbocycles. The number of morpholine rings is 1. The Morgan fingerprint density at radius 3 is 2.69 bits per heavy atom. The first-order valence-corrected chi connectivity index (χ1v) is 10.6. The number of fused-ring (bicyclic) bond motifs is 1. The van der Waals surface area contributed by atoms with Crippen LogP contribution in [0.1, 0.15) is 10.4 Å². The van der Waals surface area contributed by atoms with Crippen LogP contribution in [0.5, 0.6) is 11.5 Å². The van der Waals surface area contributed by atoms with E-state index in [-0.39, 0.29) is 5.91 Å². The summed E-state index contributed by atoms with van der Waals surface area (Å²) in [5.41, 5.74) is 2.01. The van der Waals surface area contributed by atoms with E-state index in [2.05, 4.69) is 20.5 Å². The van der Waals surface area contributed by atoms with Crippen LogP contribution in [-0.2, 0) is 4.74 Å². The summed E-state index contributed by atoms with van der Waals surface area (Å²) in [5, 5.41) is 7.13. The lowest BCUT2D eigenvalue weighted by Gasteiger charge is -2.26. The zero-order valence-electron chi connectivity index (χ0n) is 18.4. The zero-order chi connectivity index (χ0) is 22.3. The molecule has 8 nitrogen and oxygen atoms in total. The van der Waals surface area contributed by atoms with E-state index < -0.39 is 0 Å². The van der Waals surface area contributed by atoms with Gasteiger partial charge < -0.3 is 24.8 Å². The minimum atomic E-state index is -0.127. The predicted molar refractivity (Wildman–Crippen MR) is 124 cm³/mol. The van der Waals surface area contributed by atoms with Gasteiger partial charge in [0.15, 0.2) is 0 Å². The second kappa shape index (κ2) is 10.3. The van der Waals surface area contributed by atoms with E-state index in [0.717, 1.165) is 43.8 Å². The fraction of sp³-hybridized carbons (Fsp3) is 0.333. The van der Waals surface area contributed by atoms with E-state index in [9.17, 15) is 4.79 Å². The summed E-state index contributed by atoms with van der Waals surface area (Å²) in [5.74, 6) is 1.76. The third-order valence-corrected chi connectivity index (χ3v) is 5.45. The van der Waals surface area contributed by atoms with Gasteiger partial charge in [0.1, 0.15) is 17.3 Å². The minimum Gasteiger partial charge on any atom is -0.497 e. The molecule has 4 rings (SSSR count). The molecule has 3 aromatic rings. The number of rotatable bonds is 8. The Morgan fingerprint density at radius 2 is 1.91 bits per heavy atom. The van der Waals surface area contributed by atoms with E-state index in [1.165, 1.54) is 0 Å². The highest BCUT2D eigenvalue weighted by Crippen LogP contribution is 2.32. The van der Waals surface area contributed by atoms with Crippen molar-refractivity contribution in [2.24, 2.45) is 0 Å². The Balaban J connectivity index is 1.57. The average Bonchev–Trinajstić information content (AvgIpc) is 2.84. The van der Waals surface area contributed by atoms with Gasteiger partial charge in [0.05, 0.1) is 44.2 Å². The molecule has 0 atom stereocenters. The first-order chi connectivity index (χ1) is 15.7. The number of ether oxygens (including phenoxy) is 3. The first kappa shape index (κ1) is 21.9. The number of carbonyl (C=O) groups excluding carboxylic acids is 1. The summed E-state index contributed by atoms with van der Waals surface area (Å²) in [6, 6.07) is 14.9. The maximum absolute atomic E-state index is 13.1. The number of pyridine rings is 1. The summed E-state index contributed by atoms with van der Waals surface area (Å²) >= 11 is 0. The number of aromatic nitrogens is 1. The Morgan fingerprint density at radius 1 is 1.09 bits per heavy atom. The molecule has 1 aliphatic heterocycles. The second-order valence-electron chi connectivity index (χ2n) is 7.47. The van der Waals surface area contributed by atoms with Crippen molar-refractivity contribution in [2.45, 2.75) is 0 Å². The van der Waals surface area contributed by atoms with Crippen molar-refractivity contribution in [3.05, 3.63) is 54.1 Å². The lowest BCUT2D eigenvalue weighted by molar-refractivity contribution is 0.0383. The van der Waals surface area contributed by atoms with Gasteiger partial charge in [-0.1, -0.05) is 18.2 Å². The molecule has 0 spiro atoms. The second-order valence-corrected chi connectivity index (χ2v) is 7.47. The van der Waals surface area contributed by atoms with Crippen molar-refractivity contribution < 1.29 is 19.0 Å². The number of nitrogens with one attached hydrogen (secondary N) is 2. The molecule has 1 amide bonds. The number of methoxy groups -OCH3 is 2. The maximum Gasteiger partial charge on any atom is 0.252 e. The van der Waals surface area contributed by atoms with Gasteiger partial charge in [-0.25, -0.2) is 4.98 Å². The van der Waals surface area contributed by atoms with Crippen molar-refractivity contribution in [1.29, 1.82) is 0 Å². The van der Waals surface area contributed by atoms with Crippen LogP contribution in [0.4, 0.5) is 11.5 Å². The summed E-state index contributed by atoms with van der Waals surface area (Å²) < 4.78 is 16.2. The van der Waals surface area contributed by atoms with Crippen LogP contribution in [0.2, 0.25) is 0 Å². The molecular weight excluding hydrogens is 408 g/mol. The molecule has 1 aromatic heterocycles. The Hall–Kier alpha value is -3.36. The fourth-order valence-electron chi connectivity index (χ4n) is 3.72. The van der Waals surface area contributed by atoms with Gasteiger partial charge in [-0.05, 0) is 24.3 Å². The molecule has 1 fully saturated rings. The van der Waals surface area contributed by atoms with Crippen molar-refractivity contribution in [3.8, 4) is 11.5 Å². The highest BCUT2D eigenvalue weighted by atomic mass is 16.5. The Labute approximate surface area is 187 Å². The topological polar surface area (TPSA) is 85.0 Å². The predicted octanol–water partition coefficient (Wildman–Crippen LogP) is 3.06. The van der Waals surface area contributed by atoms with Gasteiger partial charge >= 0.3 is 0 Å². The standard InChI is InChI=1S/C24H28N4O4/c1-30-17-7-8-22(31-2)21(15-17)27-23-16-19(18-5-3-4-6-20(18)26-23)24(29)25-9-10-28-11-13-32-14-12-28/h3-8,15-16H,9-14H2,1-2H3,(H,25,29)(H,26,27). The Kier molecular flexibility index (Phi) is 7.03. The number of amides is 1. The molecule has 1 aliphatic rings. The minimum absolute atomic E-state index is 0.127. The number of hydrogen-bond donors (Lipinski definition) is 2. The molecule has 0 unspecified atom stereocenters. The molecule has 0 saturated carbocycles. The lowest BCUT2D eigenvalue weighted by atomic mass is 10.1. The van der Waals surface area contributed by atoms with Crippen molar-refractivity contribution in [1.82, 2.24) is 15.2 Å². The third-order valence-electron chi connectivity index (χ3n) is 5.45. The zero-order valence-corrected chi connectivity index (χ0v) is 18.4. The summed E-state index contributed by atoms with van der Waals surface area (Å²) in [6.45, 7) is 4.64. The van der Waals surface area contributed by atoms with Crippen molar-refractivity contribution in [2.75, 3.05) is 58.9 Å². The number of benzene rings is 2. The van der Waals surface area contributed by atoms with Gasteiger partial charge in [0, 0.05) is 37.6 Å². The molecule has 168 valence electrons. The molecule has 1 saturated heterocycles. The molecule has 0 bridgehead atoms. The molecule has 2 N–H and O–H groups in total. The molecule has 32 heavy (non-hydrogen) atoms. The quantitative estimate of drug-likeness (QED) is 0.561. The van der Waals surface area contributed by atoms with Gasteiger partial charge in [-0.3, -0.25) is 9.69 Å². The van der Waals surface area contributed by atoms with Crippen LogP contribution in [0.3, 0.4) is 0 Å². The number of hydrogen-bond acceptors (Lipinski definition) is 7. The fourth-order valence-corrected chi connectivity index (χ4v) is 3.72. The highest BCUT2D eigenvalue weighted by molar-refractivity contribution is 6.07. The summed E-state index contributed by atoms with van der Waals surface area (Å²) in [7, 11) is 3.22. The SMILES string of the molecule is COc1ccc(OC)c(Nc2cc(C(=O)NCCN3CCOCC3)c3ccccc3n2)c1. The maximum atomic E-state index is 13.1. The molecule has 0 aliphatic carbocycles. The molecule has 2 heterocycles. The molecule has 0 radical (unpaired) electrons. The molecular formula is C24H28N4O4. The number of carbonyl (C=O) groups is 1. The summed E-state index contributed by atoms with van der Waals surface area (Å²) in [6.07, 6.45) is 0. The Bertz CT molecular complexity index is 1080. The van der Waals surface area contributed by atoms with Gasteiger partial charge in [-0.2, -0.15) is 0 Å². The highest BCUT2D eigenvalue weighted by Gasteiger charge is 2.15. The number of nitrogens with zero attached hydrogens (tertiary/aromatic N) is 2. The van der Waals surface area contributed by atoms with Crippen LogP contribution < -0.4 is 20.1 Å². The van der Waals surface area contributed by atoms with Crippen LogP contribution in [-0.4, -0.2) is 69.4 Å². The van der Waals surface area contributed by atoms with E-state index in [1.54, 1.807) is 20.3 Å². The van der Waals surface area contributed by atoms with Gasteiger partial charge in [0.25, 0.3) is 5.91 Å². The summed E-state index contributed by atoms with van der Waals surface area (Å²) in [4.78, 5) is 20.1. The van der Waals surface area contributed by atoms with Crippen molar-refractivity contribution in [3.63, 3.8) is 0 Å². The van der Waals surface area contributed by atoms with Crippen LogP contribution >= 0.6 is 0 Å². The largest absolute Gasteiger partial charge is 0.497 e. The lowest BCUT2D eigenvalue weighted by Crippen LogP contribution is -2.41. The number of para-hydroxylation sites is 1. The van der Waals surface area contributed by atoms with Crippen LogP contribution in [0, 0.1) is 0 Å². The normalized spacial score (nSPS) is 14.2. The smallest absolute Gasteiger partial charge is 0.252 e. The monoisotopic (exact) mass is 436 g/mol. The van der Waals surface area contributed by atoms with Crippen molar-refractivity contribution >= 4 is 28.3 Å². The first-order valence-electron chi connectivity index (χ1n) is 10.6. The average molecular weight is 437 g/mol. The van der Waals surface area contributed by atoms with E-state index in [4.69, 9.17) is 14.2 Å². The third kappa shape index (κ3) is 5.09. The van der Waals surface area contributed by atoms with E-state index >= 15 is 0 Å². The number of anilines is 2. The van der Waals surface area contributed by atoms with E-state index in [0.29, 0.717) is 35.1 Å². The van der Waals surface area contributed by atoms with Crippen LogP contribution in [0.15, 0.2) is 48.5 Å². The van der Waals surface area contributed by atoms with Crippen LogP contribution in [0.25, 0.3) is 10.9 Å².